The molecule has 0 bridgehead atoms. The molecule has 2 atom stereocenters. The summed E-state index contributed by atoms with van der Waals surface area (Å²) in [6.45, 7) is 4.79. The zero-order valence-corrected chi connectivity index (χ0v) is 15.3. The van der Waals surface area contributed by atoms with Crippen molar-refractivity contribution in [3.63, 3.8) is 0 Å². The predicted octanol–water partition coefficient (Wildman–Crippen LogP) is 3.62. The standard InChI is InChI=1S/C20H22N4O3/c1-12(2)10-13-11-27-19-17-14(18(25)24(13)19)6-5-7-15(17)22-20(26)23-16-8-3-4-9-21-16/h3-9,12-13,19H,10-11H2,1-2H3,(H2,21,22,23,26)/t13-,19?/m1/s1. The number of fused-ring (bicyclic) bond motifs is 3. The second-order valence-corrected chi connectivity index (χ2v) is 7.24. The number of carbonyl (C=O) groups excluding carboxylic acids is 2. The SMILES string of the molecule is CC(C)C[C@@H]1COC2c3c(NC(=O)Nc4ccccn4)cccc3C(=O)N21. The van der Waals surface area contributed by atoms with Crippen molar-refractivity contribution in [2.45, 2.75) is 32.5 Å². The van der Waals surface area contributed by atoms with Crippen molar-refractivity contribution >= 4 is 23.4 Å². The van der Waals surface area contributed by atoms with Crippen LogP contribution in [0.2, 0.25) is 0 Å². The van der Waals surface area contributed by atoms with Crippen LogP contribution < -0.4 is 10.6 Å². The molecule has 0 spiro atoms. The van der Waals surface area contributed by atoms with Gasteiger partial charge in [0.05, 0.1) is 18.3 Å². The molecule has 1 saturated heterocycles. The molecular weight excluding hydrogens is 344 g/mol. The van der Waals surface area contributed by atoms with Gasteiger partial charge >= 0.3 is 6.03 Å². The highest BCUT2D eigenvalue weighted by molar-refractivity contribution is 6.05. The summed E-state index contributed by atoms with van der Waals surface area (Å²) in [5.74, 6) is 0.886. The number of hydrogen-bond acceptors (Lipinski definition) is 4. The van der Waals surface area contributed by atoms with Gasteiger partial charge in [-0.3, -0.25) is 10.1 Å². The van der Waals surface area contributed by atoms with E-state index in [1.165, 1.54) is 0 Å². The van der Waals surface area contributed by atoms with Gasteiger partial charge in [0.15, 0.2) is 6.23 Å². The lowest BCUT2D eigenvalue weighted by atomic mass is 10.0. The first-order valence-electron chi connectivity index (χ1n) is 9.11. The average molecular weight is 366 g/mol. The molecule has 3 amide bonds. The number of hydrogen-bond donors (Lipinski definition) is 2. The highest BCUT2D eigenvalue weighted by Gasteiger charge is 2.47. The van der Waals surface area contributed by atoms with Crippen LogP contribution in [-0.2, 0) is 4.74 Å². The first-order chi connectivity index (χ1) is 13.0. The van der Waals surface area contributed by atoms with Gasteiger partial charge in [-0.1, -0.05) is 26.0 Å². The van der Waals surface area contributed by atoms with Gasteiger partial charge in [0.2, 0.25) is 0 Å². The maximum Gasteiger partial charge on any atom is 0.324 e. The van der Waals surface area contributed by atoms with Gasteiger partial charge in [-0.15, -0.1) is 0 Å². The Morgan fingerprint density at radius 3 is 2.85 bits per heavy atom. The molecule has 1 unspecified atom stereocenters. The third-order valence-corrected chi connectivity index (χ3v) is 4.81. The number of aromatic nitrogens is 1. The van der Waals surface area contributed by atoms with Crippen molar-refractivity contribution in [1.82, 2.24) is 9.88 Å². The number of nitrogens with zero attached hydrogens (tertiary/aromatic N) is 2. The molecule has 2 N–H and O–H groups in total. The molecule has 27 heavy (non-hydrogen) atoms. The zero-order chi connectivity index (χ0) is 19.0. The number of ether oxygens (including phenoxy) is 1. The molecule has 0 saturated carbocycles. The number of anilines is 2. The number of urea groups is 1. The number of rotatable bonds is 4. The third-order valence-electron chi connectivity index (χ3n) is 4.81. The van der Waals surface area contributed by atoms with Crippen LogP contribution in [0.15, 0.2) is 42.6 Å². The van der Waals surface area contributed by atoms with Crippen molar-refractivity contribution in [2.75, 3.05) is 17.2 Å². The van der Waals surface area contributed by atoms with Crippen LogP contribution >= 0.6 is 0 Å². The van der Waals surface area contributed by atoms with Crippen LogP contribution in [0, 0.1) is 5.92 Å². The van der Waals surface area contributed by atoms with Gasteiger partial charge in [0, 0.05) is 17.3 Å². The van der Waals surface area contributed by atoms with Gasteiger partial charge in [-0.25, -0.2) is 9.78 Å². The van der Waals surface area contributed by atoms with Crippen molar-refractivity contribution in [2.24, 2.45) is 5.92 Å². The summed E-state index contributed by atoms with van der Waals surface area (Å²) in [5.41, 5.74) is 1.89. The predicted molar refractivity (Wildman–Crippen MR) is 101 cm³/mol. The number of benzene rings is 1. The summed E-state index contributed by atoms with van der Waals surface area (Å²) >= 11 is 0. The monoisotopic (exact) mass is 366 g/mol. The molecular formula is C20H22N4O3. The lowest BCUT2D eigenvalue weighted by Crippen LogP contribution is -2.34. The Morgan fingerprint density at radius 2 is 2.11 bits per heavy atom. The lowest BCUT2D eigenvalue weighted by molar-refractivity contribution is 0.0350. The van der Waals surface area contributed by atoms with Crippen molar-refractivity contribution in [3.8, 4) is 0 Å². The first kappa shape index (κ1) is 17.5. The topological polar surface area (TPSA) is 83.6 Å². The van der Waals surface area contributed by atoms with E-state index >= 15 is 0 Å². The van der Waals surface area contributed by atoms with Crippen LogP contribution in [0.4, 0.5) is 16.3 Å². The molecule has 140 valence electrons. The van der Waals surface area contributed by atoms with Crippen LogP contribution in [0.3, 0.4) is 0 Å². The summed E-state index contributed by atoms with van der Waals surface area (Å²) in [6, 6.07) is 10.3. The van der Waals surface area contributed by atoms with Crippen LogP contribution in [0.25, 0.3) is 0 Å². The van der Waals surface area contributed by atoms with Gasteiger partial charge < -0.3 is 15.0 Å². The molecule has 1 aromatic heterocycles. The molecule has 7 heteroatoms. The van der Waals surface area contributed by atoms with Crippen LogP contribution in [0.5, 0.6) is 0 Å². The Balaban J connectivity index is 1.57. The van der Waals surface area contributed by atoms with E-state index in [4.69, 9.17) is 4.74 Å². The smallest absolute Gasteiger partial charge is 0.324 e. The maximum atomic E-state index is 12.9. The minimum atomic E-state index is -0.442. The van der Waals surface area contributed by atoms with Crippen LogP contribution in [-0.4, -0.2) is 34.5 Å². The number of carbonyl (C=O) groups is 2. The molecule has 3 heterocycles. The van der Waals surface area contributed by atoms with Gasteiger partial charge in [-0.05, 0) is 36.6 Å². The average Bonchev–Trinajstić information content (AvgIpc) is 3.16. The second kappa shape index (κ2) is 7.00. The molecule has 2 aromatic rings. The second-order valence-electron chi connectivity index (χ2n) is 7.24. The van der Waals surface area contributed by atoms with Gasteiger partial charge in [0.25, 0.3) is 5.91 Å². The number of amides is 3. The molecule has 1 fully saturated rings. The minimum Gasteiger partial charge on any atom is -0.352 e. The number of nitrogens with one attached hydrogen (secondary N) is 2. The third kappa shape index (κ3) is 3.26. The van der Waals surface area contributed by atoms with Gasteiger partial charge in [0.1, 0.15) is 5.82 Å². The van der Waals surface area contributed by atoms with E-state index in [0.717, 1.165) is 12.0 Å². The molecule has 2 aliphatic heterocycles. The maximum absolute atomic E-state index is 12.9. The summed E-state index contributed by atoms with van der Waals surface area (Å²) in [7, 11) is 0. The van der Waals surface area contributed by atoms with Crippen LogP contribution in [0.1, 0.15) is 42.4 Å². The fourth-order valence-electron chi connectivity index (χ4n) is 3.75. The highest BCUT2D eigenvalue weighted by atomic mass is 16.5. The fraction of sp³-hybridized carbons (Fsp3) is 0.350. The molecule has 7 nitrogen and oxygen atoms in total. The summed E-state index contributed by atoms with van der Waals surface area (Å²) < 4.78 is 5.95. The minimum absolute atomic E-state index is 0.0352. The summed E-state index contributed by atoms with van der Waals surface area (Å²) in [5, 5.41) is 5.52. The van der Waals surface area contributed by atoms with Gasteiger partial charge in [-0.2, -0.15) is 0 Å². The molecule has 2 aliphatic rings. The number of pyridine rings is 1. The Kier molecular flexibility index (Phi) is 4.53. The molecule has 0 aliphatic carbocycles. The van der Waals surface area contributed by atoms with Crippen molar-refractivity contribution < 1.29 is 14.3 Å². The summed E-state index contributed by atoms with van der Waals surface area (Å²) in [4.78, 5) is 31.2. The lowest BCUT2D eigenvalue weighted by Gasteiger charge is -2.23. The van der Waals surface area contributed by atoms with E-state index in [-0.39, 0.29) is 11.9 Å². The fourth-order valence-corrected chi connectivity index (χ4v) is 3.75. The highest BCUT2D eigenvalue weighted by Crippen LogP contribution is 2.44. The quantitative estimate of drug-likeness (QED) is 0.866. The zero-order valence-electron chi connectivity index (χ0n) is 15.3. The van der Waals surface area contributed by atoms with E-state index in [2.05, 4.69) is 29.5 Å². The Labute approximate surface area is 157 Å². The molecule has 0 radical (unpaired) electrons. The Morgan fingerprint density at radius 1 is 1.26 bits per heavy atom. The Hall–Kier alpha value is -2.93. The van der Waals surface area contributed by atoms with Crippen molar-refractivity contribution in [1.29, 1.82) is 0 Å². The van der Waals surface area contributed by atoms with Crippen molar-refractivity contribution in [3.05, 3.63) is 53.7 Å². The first-order valence-corrected chi connectivity index (χ1v) is 9.11. The molecule has 4 rings (SSSR count). The molecule has 1 aromatic carbocycles. The summed E-state index contributed by atoms with van der Waals surface area (Å²) in [6.07, 6.45) is 2.05. The van der Waals surface area contributed by atoms with E-state index < -0.39 is 12.3 Å². The Bertz CT molecular complexity index is 869. The largest absolute Gasteiger partial charge is 0.352 e. The normalized spacial score (nSPS) is 20.6. The van der Waals surface area contributed by atoms with E-state index in [1.54, 1.807) is 42.6 Å². The van der Waals surface area contributed by atoms with E-state index in [9.17, 15) is 9.59 Å². The van der Waals surface area contributed by atoms with E-state index in [1.807, 2.05) is 4.90 Å². The van der Waals surface area contributed by atoms with E-state index in [0.29, 0.717) is 29.6 Å².